The normalized spacial score (nSPS) is 13.9. The lowest BCUT2D eigenvalue weighted by atomic mass is 9.86. The molecule has 2 amide bonds. The Balaban J connectivity index is 1.42. The Bertz CT molecular complexity index is 1440. The molecule has 0 atom stereocenters. The van der Waals surface area contributed by atoms with Crippen LogP contribution in [0, 0.1) is 0 Å². The molecule has 5 rings (SSSR count). The van der Waals surface area contributed by atoms with Crippen LogP contribution in [0.1, 0.15) is 49.7 Å². The van der Waals surface area contributed by atoms with Gasteiger partial charge in [0.2, 0.25) is 0 Å². The molecule has 0 unspecified atom stereocenters. The number of hydrogen-bond donors (Lipinski definition) is 1. The number of nitrogens with one attached hydrogen (secondary N) is 1. The number of amides is 2. The minimum Gasteiger partial charge on any atom is -0.452 e. The summed E-state index contributed by atoms with van der Waals surface area (Å²) in [4.78, 5) is 43.8. The molecule has 0 fully saturated rings. The topological polar surface area (TPSA) is 85.4 Å². The van der Waals surface area contributed by atoms with Crippen molar-refractivity contribution in [3.63, 3.8) is 0 Å². The second-order valence-electron chi connectivity index (χ2n) is 8.19. The number of carbonyl (C=O) groups is 3. The second kappa shape index (κ2) is 10.0. The van der Waals surface area contributed by atoms with Crippen LogP contribution < -0.4 is 5.32 Å². The Labute approximate surface area is 206 Å². The van der Waals surface area contributed by atoms with E-state index in [4.69, 9.17) is 9.72 Å². The number of nitrogens with zero attached hydrogens (tertiary/aromatic N) is 1. The maximum atomic E-state index is 13.3. The van der Waals surface area contributed by atoms with E-state index in [1.165, 1.54) is 0 Å². The van der Waals surface area contributed by atoms with E-state index >= 15 is 0 Å². The molecule has 1 aliphatic carbocycles. The molecular formula is C28H22N2O4S. The Morgan fingerprint density at radius 2 is 1.77 bits per heavy atom. The molecule has 2 aromatic carbocycles. The van der Waals surface area contributed by atoms with E-state index in [1.54, 1.807) is 41.7 Å². The van der Waals surface area contributed by atoms with Crippen LogP contribution >= 0.6 is 11.3 Å². The van der Waals surface area contributed by atoms with Crippen LogP contribution in [-0.4, -0.2) is 29.4 Å². The van der Waals surface area contributed by atoms with Crippen molar-refractivity contribution < 1.29 is 19.1 Å². The van der Waals surface area contributed by atoms with Gasteiger partial charge < -0.3 is 4.74 Å². The molecule has 6 nitrogen and oxygen atoms in total. The van der Waals surface area contributed by atoms with Crippen LogP contribution in [0.2, 0.25) is 0 Å². The van der Waals surface area contributed by atoms with Gasteiger partial charge in [-0.05, 0) is 66.1 Å². The molecule has 0 spiro atoms. The van der Waals surface area contributed by atoms with Crippen molar-refractivity contribution in [3.8, 4) is 0 Å². The van der Waals surface area contributed by atoms with Gasteiger partial charge in [-0.15, -0.1) is 11.3 Å². The molecule has 0 bridgehead atoms. The second-order valence-corrected chi connectivity index (χ2v) is 9.17. The van der Waals surface area contributed by atoms with Gasteiger partial charge in [0.25, 0.3) is 11.8 Å². The van der Waals surface area contributed by atoms with Crippen molar-refractivity contribution >= 4 is 51.7 Å². The minimum atomic E-state index is -0.683. The van der Waals surface area contributed by atoms with Gasteiger partial charge in [-0.2, -0.15) is 0 Å². The molecule has 1 aliphatic rings. The number of benzene rings is 2. The Hall–Kier alpha value is -4.10. The third-order valence-electron chi connectivity index (χ3n) is 5.86. The molecule has 0 saturated heterocycles. The number of thiophene rings is 1. The fourth-order valence-electron chi connectivity index (χ4n) is 4.28. The van der Waals surface area contributed by atoms with Gasteiger partial charge in [-0.25, -0.2) is 9.78 Å². The van der Waals surface area contributed by atoms with Crippen molar-refractivity contribution in [1.82, 2.24) is 10.3 Å². The van der Waals surface area contributed by atoms with Crippen molar-refractivity contribution in [3.05, 3.63) is 99.4 Å². The van der Waals surface area contributed by atoms with E-state index in [1.807, 2.05) is 35.7 Å². The first-order valence-electron chi connectivity index (χ1n) is 11.3. The number of pyridine rings is 1. The van der Waals surface area contributed by atoms with E-state index in [9.17, 15) is 14.4 Å². The number of para-hydroxylation sites is 1. The number of aromatic nitrogens is 1. The summed E-state index contributed by atoms with van der Waals surface area (Å²) < 4.78 is 5.39. The van der Waals surface area contributed by atoms with Gasteiger partial charge in [-0.1, -0.05) is 42.5 Å². The molecule has 4 aromatic rings. The number of rotatable bonds is 5. The number of imide groups is 1. The minimum absolute atomic E-state index is 0.353. The smallest absolute Gasteiger partial charge is 0.339 e. The van der Waals surface area contributed by atoms with E-state index in [-0.39, 0.29) is 0 Å². The van der Waals surface area contributed by atoms with Crippen molar-refractivity contribution in [2.24, 2.45) is 0 Å². The van der Waals surface area contributed by atoms with Crippen molar-refractivity contribution in [2.75, 3.05) is 6.61 Å². The molecule has 0 radical (unpaired) electrons. The Kier molecular flexibility index (Phi) is 6.50. The van der Waals surface area contributed by atoms with Crippen LogP contribution in [0.25, 0.3) is 22.6 Å². The lowest BCUT2D eigenvalue weighted by molar-refractivity contribution is -0.123. The SMILES string of the molecule is O=C(COC(=O)c1c2c(nc3ccccc13)C(=Cc1cccs1)CCC2)NC(=O)c1ccccc1. The summed E-state index contributed by atoms with van der Waals surface area (Å²) in [5.41, 5.74) is 4.21. The average Bonchev–Trinajstić information content (AvgIpc) is 3.40. The number of ether oxygens (including phenoxy) is 1. The lowest BCUT2D eigenvalue weighted by Crippen LogP contribution is -2.34. The fourth-order valence-corrected chi connectivity index (χ4v) is 4.96. The maximum absolute atomic E-state index is 13.3. The summed E-state index contributed by atoms with van der Waals surface area (Å²) in [6.45, 7) is -0.555. The van der Waals surface area contributed by atoms with Gasteiger partial charge >= 0.3 is 5.97 Å². The number of allylic oxidation sites excluding steroid dienone is 1. The standard InChI is InChI=1S/C28H22N2O4S/c31-24(30-27(32)18-8-2-1-3-9-18)17-34-28(33)25-21-12-4-5-14-23(21)29-26-19(10-6-13-22(25)26)16-20-11-7-15-35-20/h1-5,7-9,11-12,14-16H,6,10,13,17H2,(H,30,31,32). The van der Waals surface area contributed by atoms with Crippen molar-refractivity contribution in [2.45, 2.75) is 19.3 Å². The first-order chi connectivity index (χ1) is 17.1. The predicted octanol–water partition coefficient (Wildman–Crippen LogP) is 5.29. The Morgan fingerprint density at radius 1 is 0.971 bits per heavy atom. The van der Waals surface area contributed by atoms with Crippen LogP contribution in [0.4, 0.5) is 0 Å². The molecule has 174 valence electrons. The zero-order valence-corrected chi connectivity index (χ0v) is 19.6. The highest BCUT2D eigenvalue weighted by Crippen LogP contribution is 2.36. The molecule has 0 saturated carbocycles. The lowest BCUT2D eigenvalue weighted by Gasteiger charge is -2.22. The van der Waals surface area contributed by atoms with Gasteiger partial charge in [0.1, 0.15) is 0 Å². The molecule has 2 heterocycles. The van der Waals surface area contributed by atoms with Gasteiger partial charge in [-0.3, -0.25) is 14.9 Å². The number of carbonyl (C=O) groups excluding carboxylic acids is 3. The first kappa shape index (κ1) is 22.7. The summed E-state index contributed by atoms with van der Waals surface area (Å²) in [6, 6.07) is 19.9. The first-order valence-corrected chi connectivity index (χ1v) is 12.2. The average molecular weight is 483 g/mol. The summed E-state index contributed by atoms with van der Waals surface area (Å²) in [7, 11) is 0. The highest BCUT2D eigenvalue weighted by Gasteiger charge is 2.26. The van der Waals surface area contributed by atoms with Gasteiger partial charge in [0.15, 0.2) is 6.61 Å². The highest BCUT2D eigenvalue weighted by molar-refractivity contribution is 7.10. The van der Waals surface area contributed by atoms with Crippen LogP contribution in [0.3, 0.4) is 0 Å². The van der Waals surface area contributed by atoms with Gasteiger partial charge in [0, 0.05) is 15.8 Å². The van der Waals surface area contributed by atoms with Crippen LogP contribution in [0.15, 0.2) is 72.1 Å². The largest absolute Gasteiger partial charge is 0.452 e. The predicted molar refractivity (Wildman–Crippen MR) is 136 cm³/mol. The van der Waals surface area contributed by atoms with E-state index < -0.39 is 24.4 Å². The monoisotopic (exact) mass is 482 g/mol. The molecule has 7 heteroatoms. The van der Waals surface area contributed by atoms with E-state index in [2.05, 4.69) is 17.5 Å². The molecule has 1 N–H and O–H groups in total. The maximum Gasteiger partial charge on any atom is 0.339 e. The highest BCUT2D eigenvalue weighted by atomic mass is 32.1. The summed E-state index contributed by atoms with van der Waals surface area (Å²) in [6.07, 6.45) is 4.57. The molecule has 35 heavy (non-hydrogen) atoms. The fraction of sp³-hybridized carbons (Fsp3) is 0.143. The third kappa shape index (κ3) is 4.90. The number of esters is 1. The van der Waals surface area contributed by atoms with Crippen molar-refractivity contribution in [1.29, 1.82) is 0 Å². The number of fused-ring (bicyclic) bond motifs is 2. The summed E-state index contributed by atoms with van der Waals surface area (Å²) >= 11 is 1.65. The zero-order valence-electron chi connectivity index (χ0n) is 18.8. The zero-order chi connectivity index (χ0) is 24.2. The molecule has 0 aliphatic heterocycles. The summed E-state index contributed by atoms with van der Waals surface area (Å²) in [5.74, 6) is -1.82. The van der Waals surface area contributed by atoms with Crippen LogP contribution in [-0.2, 0) is 16.0 Å². The molecular weight excluding hydrogens is 460 g/mol. The van der Waals surface area contributed by atoms with Crippen LogP contribution in [0.5, 0.6) is 0 Å². The summed E-state index contributed by atoms with van der Waals surface area (Å²) in [5, 5.41) is 4.98. The number of hydrogen-bond acceptors (Lipinski definition) is 6. The van der Waals surface area contributed by atoms with E-state index in [0.29, 0.717) is 28.5 Å². The quantitative estimate of drug-likeness (QED) is 0.391. The third-order valence-corrected chi connectivity index (χ3v) is 6.68. The van der Waals surface area contributed by atoms with E-state index in [0.717, 1.165) is 34.5 Å². The van der Waals surface area contributed by atoms with Gasteiger partial charge in [0.05, 0.1) is 16.8 Å². The Morgan fingerprint density at radius 3 is 2.57 bits per heavy atom. The molecule has 2 aromatic heterocycles.